The SMILES string of the molecule is COc1cc(C)c(NC(=S)Nc2ccccc2Cl)cc1OC. The van der Waals surface area contributed by atoms with E-state index < -0.39 is 0 Å². The lowest BCUT2D eigenvalue weighted by atomic mass is 10.1. The minimum Gasteiger partial charge on any atom is -0.493 e. The van der Waals surface area contributed by atoms with E-state index in [1.807, 2.05) is 37.3 Å². The molecule has 0 spiro atoms. The van der Waals surface area contributed by atoms with Crippen LogP contribution in [0.1, 0.15) is 5.56 Å². The summed E-state index contributed by atoms with van der Waals surface area (Å²) in [6, 6.07) is 11.1. The number of hydrogen-bond donors (Lipinski definition) is 2. The van der Waals surface area contributed by atoms with E-state index in [9.17, 15) is 0 Å². The Kier molecular flexibility index (Phi) is 5.46. The molecule has 0 unspecified atom stereocenters. The largest absolute Gasteiger partial charge is 0.493 e. The number of halogens is 1. The standard InChI is InChI=1S/C16H17ClN2O2S/c1-10-8-14(20-2)15(21-3)9-13(10)19-16(22)18-12-7-5-4-6-11(12)17/h4-9H,1-3H3,(H2,18,19,22). The molecule has 0 aliphatic rings. The van der Waals surface area contributed by atoms with Gasteiger partial charge in [0.2, 0.25) is 0 Å². The average molecular weight is 337 g/mol. The van der Waals surface area contributed by atoms with E-state index in [0.29, 0.717) is 21.6 Å². The second-order valence-electron chi connectivity index (χ2n) is 4.58. The highest BCUT2D eigenvalue weighted by molar-refractivity contribution is 7.80. The van der Waals surface area contributed by atoms with Crippen molar-refractivity contribution in [2.45, 2.75) is 6.92 Å². The molecule has 116 valence electrons. The Balaban J connectivity index is 2.16. The molecule has 0 aliphatic heterocycles. The third-order valence-electron chi connectivity index (χ3n) is 3.10. The smallest absolute Gasteiger partial charge is 0.175 e. The second-order valence-corrected chi connectivity index (χ2v) is 5.40. The van der Waals surface area contributed by atoms with Crippen molar-refractivity contribution < 1.29 is 9.47 Å². The van der Waals surface area contributed by atoms with Crippen molar-refractivity contribution in [2.24, 2.45) is 0 Å². The van der Waals surface area contributed by atoms with Gasteiger partial charge in [-0.3, -0.25) is 0 Å². The van der Waals surface area contributed by atoms with Crippen molar-refractivity contribution >= 4 is 40.3 Å². The lowest BCUT2D eigenvalue weighted by molar-refractivity contribution is 0.355. The molecule has 0 bridgehead atoms. The Bertz CT molecular complexity index is 692. The van der Waals surface area contributed by atoms with E-state index in [4.69, 9.17) is 33.3 Å². The molecule has 6 heteroatoms. The van der Waals surface area contributed by atoms with E-state index in [1.165, 1.54) is 0 Å². The number of methoxy groups -OCH3 is 2. The molecule has 0 atom stereocenters. The summed E-state index contributed by atoms with van der Waals surface area (Å²) in [5.41, 5.74) is 2.57. The number of nitrogens with one attached hydrogen (secondary N) is 2. The van der Waals surface area contributed by atoms with Gasteiger partial charge in [0.05, 0.1) is 24.9 Å². The quantitative estimate of drug-likeness (QED) is 0.806. The van der Waals surface area contributed by atoms with Gasteiger partial charge in [0.15, 0.2) is 16.6 Å². The van der Waals surface area contributed by atoms with Gasteiger partial charge in [-0.05, 0) is 42.9 Å². The van der Waals surface area contributed by atoms with E-state index in [-0.39, 0.29) is 0 Å². The Morgan fingerprint density at radius 2 is 1.59 bits per heavy atom. The summed E-state index contributed by atoms with van der Waals surface area (Å²) in [6.45, 7) is 1.96. The minimum atomic E-state index is 0.448. The molecule has 0 amide bonds. The Hall–Kier alpha value is -1.98. The van der Waals surface area contributed by atoms with Crippen LogP contribution in [0.2, 0.25) is 5.02 Å². The van der Waals surface area contributed by atoms with Crippen LogP contribution < -0.4 is 20.1 Å². The number of para-hydroxylation sites is 1. The van der Waals surface area contributed by atoms with Crippen molar-refractivity contribution in [3.8, 4) is 11.5 Å². The maximum absolute atomic E-state index is 6.10. The third-order valence-corrected chi connectivity index (χ3v) is 3.63. The Morgan fingerprint density at radius 1 is 1.00 bits per heavy atom. The number of anilines is 2. The monoisotopic (exact) mass is 336 g/mol. The van der Waals surface area contributed by atoms with Crippen LogP contribution in [0, 0.1) is 6.92 Å². The van der Waals surface area contributed by atoms with Crippen LogP contribution in [-0.4, -0.2) is 19.3 Å². The van der Waals surface area contributed by atoms with Crippen molar-refractivity contribution in [2.75, 3.05) is 24.9 Å². The summed E-state index contributed by atoms with van der Waals surface area (Å²) in [5.74, 6) is 1.31. The maximum atomic E-state index is 6.10. The maximum Gasteiger partial charge on any atom is 0.175 e. The third kappa shape index (κ3) is 3.81. The van der Waals surface area contributed by atoms with Gasteiger partial charge in [-0.25, -0.2) is 0 Å². The van der Waals surface area contributed by atoms with Crippen LogP contribution in [-0.2, 0) is 0 Å². The highest BCUT2D eigenvalue weighted by Crippen LogP contribution is 2.33. The van der Waals surface area contributed by atoms with E-state index in [0.717, 1.165) is 16.9 Å². The summed E-state index contributed by atoms with van der Waals surface area (Å²) in [7, 11) is 3.20. The second kappa shape index (κ2) is 7.33. The lowest BCUT2D eigenvalue weighted by Crippen LogP contribution is -2.19. The molecule has 0 radical (unpaired) electrons. The normalized spacial score (nSPS) is 10.0. The Morgan fingerprint density at radius 3 is 2.23 bits per heavy atom. The van der Waals surface area contributed by atoms with E-state index in [2.05, 4.69) is 10.6 Å². The highest BCUT2D eigenvalue weighted by atomic mass is 35.5. The van der Waals surface area contributed by atoms with E-state index >= 15 is 0 Å². The van der Waals surface area contributed by atoms with Gasteiger partial charge in [-0.2, -0.15) is 0 Å². The van der Waals surface area contributed by atoms with Crippen LogP contribution in [0.5, 0.6) is 11.5 Å². The van der Waals surface area contributed by atoms with Gasteiger partial charge in [0.25, 0.3) is 0 Å². The van der Waals surface area contributed by atoms with Gasteiger partial charge < -0.3 is 20.1 Å². The number of aryl methyl sites for hydroxylation is 1. The lowest BCUT2D eigenvalue weighted by Gasteiger charge is -2.16. The predicted molar refractivity (Wildman–Crippen MR) is 95.6 cm³/mol. The number of ether oxygens (including phenoxy) is 2. The molecule has 2 N–H and O–H groups in total. The van der Waals surface area contributed by atoms with Crippen molar-refractivity contribution in [1.82, 2.24) is 0 Å². The first-order chi connectivity index (χ1) is 10.5. The molecule has 22 heavy (non-hydrogen) atoms. The molecule has 0 aliphatic carbocycles. The van der Waals surface area contributed by atoms with Crippen LogP contribution in [0.4, 0.5) is 11.4 Å². The zero-order chi connectivity index (χ0) is 16.1. The first-order valence-electron chi connectivity index (χ1n) is 6.60. The molecule has 0 aromatic heterocycles. The number of hydrogen-bond acceptors (Lipinski definition) is 3. The molecule has 2 aromatic rings. The average Bonchev–Trinajstić information content (AvgIpc) is 2.51. The summed E-state index contributed by atoms with van der Waals surface area (Å²) >= 11 is 11.4. The molecule has 4 nitrogen and oxygen atoms in total. The van der Waals surface area contributed by atoms with E-state index in [1.54, 1.807) is 20.3 Å². The van der Waals surface area contributed by atoms with Gasteiger partial charge in [-0.1, -0.05) is 23.7 Å². The number of rotatable bonds is 4. The highest BCUT2D eigenvalue weighted by Gasteiger charge is 2.10. The zero-order valence-corrected chi connectivity index (χ0v) is 14.1. The molecular formula is C16H17ClN2O2S. The van der Waals surface area contributed by atoms with Crippen molar-refractivity contribution in [3.63, 3.8) is 0 Å². The summed E-state index contributed by atoms with van der Waals surface area (Å²) in [4.78, 5) is 0. The molecule has 0 saturated heterocycles. The molecule has 2 aromatic carbocycles. The molecule has 0 heterocycles. The van der Waals surface area contributed by atoms with Gasteiger partial charge in [0.1, 0.15) is 0 Å². The van der Waals surface area contributed by atoms with Crippen LogP contribution in [0.3, 0.4) is 0 Å². The predicted octanol–water partition coefficient (Wildman–Crippen LogP) is 4.47. The van der Waals surface area contributed by atoms with Gasteiger partial charge >= 0.3 is 0 Å². The first-order valence-corrected chi connectivity index (χ1v) is 7.39. The number of thiocarbonyl (C=S) groups is 1. The van der Waals surface area contributed by atoms with Gasteiger partial charge in [-0.15, -0.1) is 0 Å². The first kappa shape index (κ1) is 16.4. The van der Waals surface area contributed by atoms with Crippen LogP contribution in [0.15, 0.2) is 36.4 Å². The minimum absolute atomic E-state index is 0.448. The summed E-state index contributed by atoms with van der Waals surface area (Å²) in [5, 5.41) is 7.26. The van der Waals surface area contributed by atoms with Crippen molar-refractivity contribution in [3.05, 3.63) is 47.0 Å². The fraction of sp³-hybridized carbons (Fsp3) is 0.188. The van der Waals surface area contributed by atoms with Gasteiger partial charge in [0, 0.05) is 11.8 Å². The van der Waals surface area contributed by atoms with Crippen LogP contribution >= 0.6 is 23.8 Å². The van der Waals surface area contributed by atoms with Crippen LogP contribution in [0.25, 0.3) is 0 Å². The molecule has 2 rings (SSSR count). The molecule has 0 fully saturated rings. The number of benzene rings is 2. The fourth-order valence-corrected chi connectivity index (χ4v) is 2.36. The Labute approximate surface area is 140 Å². The fourth-order valence-electron chi connectivity index (χ4n) is 1.95. The topological polar surface area (TPSA) is 42.5 Å². The summed E-state index contributed by atoms with van der Waals surface area (Å²) < 4.78 is 10.6. The zero-order valence-electron chi connectivity index (χ0n) is 12.6. The molecule has 0 saturated carbocycles. The summed E-state index contributed by atoms with van der Waals surface area (Å²) in [6.07, 6.45) is 0. The van der Waals surface area contributed by atoms with Crippen molar-refractivity contribution in [1.29, 1.82) is 0 Å². The molecular weight excluding hydrogens is 320 g/mol.